The summed E-state index contributed by atoms with van der Waals surface area (Å²) in [6.07, 6.45) is -2.60. The van der Waals surface area contributed by atoms with Crippen LogP contribution < -0.4 is 4.72 Å². The first-order valence-corrected chi connectivity index (χ1v) is 10.6. The van der Waals surface area contributed by atoms with Gasteiger partial charge in [-0.05, 0) is 41.9 Å². The van der Waals surface area contributed by atoms with Gasteiger partial charge in [0.2, 0.25) is 11.1 Å². The molecule has 0 aliphatic heterocycles. The summed E-state index contributed by atoms with van der Waals surface area (Å²) in [5, 5.41) is -0.947. The van der Waals surface area contributed by atoms with Crippen LogP contribution >= 0.6 is 34.8 Å². The van der Waals surface area contributed by atoms with E-state index in [2.05, 4.69) is 15.0 Å². The van der Waals surface area contributed by atoms with Crippen molar-refractivity contribution in [3.05, 3.63) is 75.0 Å². The van der Waals surface area contributed by atoms with E-state index in [-0.39, 0.29) is 21.7 Å². The second-order valence-electron chi connectivity index (χ2n) is 5.83. The third kappa shape index (κ3) is 5.24. The number of carbonyl (C=O) groups is 1. The normalized spacial score (nSPS) is 11.9. The number of pyridine rings is 1. The second kappa shape index (κ2) is 8.58. The van der Waals surface area contributed by atoms with Crippen molar-refractivity contribution in [1.82, 2.24) is 15.0 Å². The Hall–Kier alpha value is -2.47. The first-order valence-electron chi connectivity index (χ1n) is 7.97. The average Bonchev–Trinajstić information content (AvgIpc) is 2.66. The molecule has 0 atom stereocenters. The molecular weight excluding hydrogens is 504 g/mol. The van der Waals surface area contributed by atoms with Gasteiger partial charge in [0.15, 0.2) is 0 Å². The molecule has 0 aliphatic carbocycles. The Labute approximate surface area is 188 Å². The van der Waals surface area contributed by atoms with Crippen LogP contribution in [0.3, 0.4) is 0 Å². The fraction of sp³-hybridized carbons (Fsp3) is 0.0588. The predicted octanol–water partition coefficient (Wildman–Crippen LogP) is 4.88. The summed E-state index contributed by atoms with van der Waals surface area (Å²) in [7, 11) is -4.59. The molecule has 31 heavy (non-hydrogen) atoms. The van der Waals surface area contributed by atoms with Gasteiger partial charge in [-0.15, -0.1) is 0 Å². The molecule has 1 aromatic carbocycles. The highest BCUT2D eigenvalue weighted by Crippen LogP contribution is 2.36. The molecule has 0 bridgehead atoms. The van der Waals surface area contributed by atoms with Crippen LogP contribution in [0.1, 0.15) is 21.7 Å². The molecule has 0 saturated carbocycles. The third-order valence-electron chi connectivity index (χ3n) is 3.73. The number of ketones is 1. The highest BCUT2D eigenvalue weighted by molar-refractivity contribution is 7.92. The summed E-state index contributed by atoms with van der Waals surface area (Å²) >= 11 is 17.0. The standard InChI is InChI=1S/C17H8Cl3F3N4O3S/c18-8-5-13(14(25-7-8)15(28)12-3-4-24-16(20)26-12)27-31(29,30)9-1-2-11(19)10(6-9)17(21,22)23/h1-7,27H. The Balaban J connectivity index is 2.05. The number of halogens is 6. The van der Waals surface area contributed by atoms with Crippen molar-refractivity contribution in [2.45, 2.75) is 11.1 Å². The lowest BCUT2D eigenvalue weighted by molar-refractivity contribution is -0.137. The molecule has 3 aromatic rings. The number of sulfonamides is 1. The highest BCUT2D eigenvalue weighted by atomic mass is 35.5. The van der Waals surface area contributed by atoms with Gasteiger partial charge in [-0.1, -0.05) is 23.2 Å². The second-order valence-corrected chi connectivity index (χ2v) is 8.70. The minimum Gasteiger partial charge on any atom is -0.285 e. The number of hydrogen-bond donors (Lipinski definition) is 1. The summed E-state index contributed by atoms with van der Waals surface area (Å²) < 4.78 is 66.7. The van der Waals surface area contributed by atoms with Gasteiger partial charge in [-0.25, -0.2) is 23.4 Å². The maximum absolute atomic E-state index is 13.1. The first kappa shape index (κ1) is 23.2. The number of nitrogens with one attached hydrogen (secondary N) is 1. The molecule has 0 amide bonds. The van der Waals surface area contributed by atoms with Gasteiger partial charge < -0.3 is 0 Å². The number of hydrogen-bond acceptors (Lipinski definition) is 6. The van der Waals surface area contributed by atoms with Crippen LogP contribution in [-0.2, 0) is 16.2 Å². The van der Waals surface area contributed by atoms with E-state index in [1.54, 1.807) is 0 Å². The van der Waals surface area contributed by atoms with E-state index < -0.39 is 43.2 Å². The molecule has 2 aromatic heterocycles. The van der Waals surface area contributed by atoms with E-state index in [4.69, 9.17) is 34.8 Å². The molecule has 0 saturated heterocycles. The molecule has 0 aliphatic rings. The number of rotatable bonds is 5. The number of anilines is 1. The van der Waals surface area contributed by atoms with Crippen molar-refractivity contribution >= 4 is 56.3 Å². The predicted molar refractivity (Wildman–Crippen MR) is 107 cm³/mol. The molecule has 0 radical (unpaired) electrons. The fourth-order valence-electron chi connectivity index (χ4n) is 2.37. The van der Waals surface area contributed by atoms with Gasteiger partial charge in [-0.3, -0.25) is 9.52 Å². The van der Waals surface area contributed by atoms with E-state index in [0.717, 1.165) is 24.4 Å². The summed E-state index contributed by atoms with van der Waals surface area (Å²) in [5.74, 6) is -0.828. The lowest BCUT2D eigenvalue weighted by Gasteiger charge is -2.14. The monoisotopic (exact) mass is 510 g/mol. The molecule has 7 nitrogen and oxygen atoms in total. The summed E-state index contributed by atoms with van der Waals surface area (Å²) in [5.41, 5.74) is -2.32. The zero-order valence-electron chi connectivity index (χ0n) is 14.8. The number of aromatic nitrogens is 3. The van der Waals surface area contributed by atoms with Crippen LogP contribution in [0.2, 0.25) is 15.3 Å². The summed E-state index contributed by atoms with van der Waals surface area (Å²) in [6, 6.07) is 4.34. The molecular formula is C17H8Cl3F3N4O3S. The smallest absolute Gasteiger partial charge is 0.285 e. The largest absolute Gasteiger partial charge is 0.417 e. The molecule has 2 heterocycles. The van der Waals surface area contributed by atoms with E-state index in [9.17, 15) is 26.4 Å². The van der Waals surface area contributed by atoms with E-state index >= 15 is 0 Å². The van der Waals surface area contributed by atoms with Gasteiger partial charge in [0.1, 0.15) is 11.4 Å². The molecule has 0 fully saturated rings. The van der Waals surface area contributed by atoms with Crippen LogP contribution in [0.4, 0.5) is 18.9 Å². The molecule has 0 spiro atoms. The Morgan fingerprint density at radius 3 is 2.39 bits per heavy atom. The average molecular weight is 512 g/mol. The minimum absolute atomic E-state index is 0.0398. The van der Waals surface area contributed by atoms with Gasteiger partial charge >= 0.3 is 6.18 Å². The van der Waals surface area contributed by atoms with Crippen LogP contribution in [0, 0.1) is 0 Å². The number of nitrogens with zero attached hydrogens (tertiary/aromatic N) is 3. The van der Waals surface area contributed by atoms with Crippen molar-refractivity contribution in [2.75, 3.05) is 4.72 Å². The van der Waals surface area contributed by atoms with Crippen LogP contribution in [0.25, 0.3) is 0 Å². The van der Waals surface area contributed by atoms with Gasteiger partial charge in [-0.2, -0.15) is 13.2 Å². The zero-order chi connectivity index (χ0) is 23.0. The Kier molecular flexibility index (Phi) is 6.42. The Bertz CT molecular complexity index is 1290. The molecule has 1 N–H and O–H groups in total. The lowest BCUT2D eigenvalue weighted by Crippen LogP contribution is -2.18. The Morgan fingerprint density at radius 2 is 1.74 bits per heavy atom. The Morgan fingerprint density at radius 1 is 1.03 bits per heavy atom. The van der Waals surface area contributed by atoms with Crippen molar-refractivity contribution < 1.29 is 26.4 Å². The van der Waals surface area contributed by atoms with E-state index in [1.165, 1.54) is 12.3 Å². The fourth-order valence-corrected chi connectivity index (χ4v) is 3.99. The molecule has 0 unspecified atom stereocenters. The van der Waals surface area contributed by atoms with Crippen molar-refractivity contribution in [3.63, 3.8) is 0 Å². The van der Waals surface area contributed by atoms with Gasteiger partial charge in [0.25, 0.3) is 10.0 Å². The SMILES string of the molecule is O=C(c1ccnc(Cl)n1)c1ncc(Cl)cc1NS(=O)(=O)c1ccc(Cl)c(C(F)(F)F)c1. The zero-order valence-corrected chi connectivity index (χ0v) is 17.9. The highest BCUT2D eigenvalue weighted by Gasteiger charge is 2.34. The molecule has 162 valence electrons. The number of carbonyl (C=O) groups excluding carboxylic acids is 1. The van der Waals surface area contributed by atoms with Crippen LogP contribution in [0.15, 0.2) is 47.6 Å². The quantitative estimate of drug-likeness (QED) is 0.387. The maximum Gasteiger partial charge on any atom is 0.417 e. The van der Waals surface area contributed by atoms with Crippen molar-refractivity contribution in [1.29, 1.82) is 0 Å². The summed E-state index contributed by atoms with van der Waals surface area (Å²) in [6.45, 7) is 0. The third-order valence-corrected chi connectivity index (χ3v) is 5.81. The lowest BCUT2D eigenvalue weighted by atomic mass is 10.1. The van der Waals surface area contributed by atoms with Gasteiger partial charge in [0.05, 0.1) is 26.2 Å². The molecule has 3 rings (SSSR count). The topological polar surface area (TPSA) is 102 Å². The first-order chi connectivity index (χ1) is 14.4. The van der Waals surface area contributed by atoms with Crippen LogP contribution in [-0.4, -0.2) is 29.2 Å². The van der Waals surface area contributed by atoms with E-state index in [1.807, 2.05) is 4.72 Å². The van der Waals surface area contributed by atoms with Crippen LogP contribution in [0.5, 0.6) is 0 Å². The number of alkyl halides is 3. The summed E-state index contributed by atoms with van der Waals surface area (Å²) in [4.78, 5) is 23.2. The number of benzene rings is 1. The minimum atomic E-state index is -4.88. The maximum atomic E-state index is 13.1. The van der Waals surface area contributed by atoms with E-state index in [0.29, 0.717) is 6.07 Å². The molecule has 14 heteroatoms. The van der Waals surface area contributed by atoms with Crippen molar-refractivity contribution in [3.8, 4) is 0 Å². The van der Waals surface area contributed by atoms with Gasteiger partial charge in [0, 0.05) is 12.4 Å². The van der Waals surface area contributed by atoms with Crippen molar-refractivity contribution in [2.24, 2.45) is 0 Å².